The number of hydrogen-bond donors (Lipinski definition) is 2. The van der Waals surface area contributed by atoms with Crippen LogP contribution < -0.4 is 9.46 Å². The number of amides is 3. The van der Waals surface area contributed by atoms with Gasteiger partial charge in [0.25, 0.3) is 0 Å². The van der Waals surface area contributed by atoms with Gasteiger partial charge in [-0.1, -0.05) is 37.6 Å². The predicted octanol–water partition coefficient (Wildman–Crippen LogP) is 3.39. The summed E-state index contributed by atoms with van der Waals surface area (Å²) in [6.07, 6.45) is 8.92. The number of urea groups is 1. The van der Waals surface area contributed by atoms with Gasteiger partial charge in [0.1, 0.15) is 5.75 Å². The van der Waals surface area contributed by atoms with Crippen LogP contribution in [0.3, 0.4) is 0 Å². The molecule has 1 aliphatic heterocycles. The number of methoxy groups -OCH3 is 1. The average Bonchev–Trinajstić information content (AvgIpc) is 3.85. The molecule has 4 rings (SSSR count). The van der Waals surface area contributed by atoms with E-state index < -0.39 is 38.7 Å². The molecule has 0 bridgehead atoms. The Hall–Kier alpha value is -2.92. The second-order valence-electron chi connectivity index (χ2n) is 11.9. The highest BCUT2D eigenvalue weighted by Crippen LogP contribution is 2.53. The lowest BCUT2D eigenvalue weighted by Crippen LogP contribution is -2.47. The smallest absolute Gasteiger partial charge is 0.321 e. The number of ketones is 1. The summed E-state index contributed by atoms with van der Waals surface area (Å²) in [6.45, 7) is 4.32. The second-order valence-corrected chi connectivity index (χ2v) is 13.9. The molecule has 1 aromatic carbocycles. The standard InChI is InChI=1S/C30H43N3O7S/c1-21(34)27-17-24(35)20-33(27)29(37)32(19-22-10-12-25(40-3)13-11-22)16-8-6-4-5-7-9-23-18-30(23,2)28(36)31-41(38,39)26-14-15-26/h7,9-13,23-24,26-27,35H,4-6,8,14-20H2,1-3H3,(H,31,36)/b9-7-/t23-,24-,27+,30+/m1/s1. The minimum absolute atomic E-state index is 0.0412. The van der Waals surface area contributed by atoms with Crippen molar-refractivity contribution in [2.45, 2.75) is 89.2 Å². The summed E-state index contributed by atoms with van der Waals surface area (Å²) in [4.78, 5) is 41.4. The molecule has 0 unspecified atom stereocenters. The Morgan fingerprint density at radius 3 is 2.51 bits per heavy atom. The Morgan fingerprint density at radius 1 is 1.17 bits per heavy atom. The highest BCUT2D eigenvalue weighted by molar-refractivity contribution is 7.90. The van der Waals surface area contributed by atoms with Gasteiger partial charge in [0.15, 0.2) is 5.78 Å². The fourth-order valence-electron chi connectivity index (χ4n) is 5.43. The number of carbonyl (C=O) groups excluding carboxylic acids is 3. The fourth-order valence-corrected chi connectivity index (χ4v) is 6.85. The number of hydrogen-bond acceptors (Lipinski definition) is 7. The van der Waals surface area contributed by atoms with Crippen LogP contribution in [0, 0.1) is 11.3 Å². The summed E-state index contributed by atoms with van der Waals surface area (Å²) in [5.74, 6) is 0.243. The number of sulfonamides is 1. The van der Waals surface area contributed by atoms with E-state index in [1.807, 2.05) is 37.3 Å². The number of nitrogens with one attached hydrogen (secondary N) is 1. The molecule has 2 N–H and O–H groups in total. The van der Waals surface area contributed by atoms with Crippen molar-refractivity contribution in [1.29, 1.82) is 0 Å². The van der Waals surface area contributed by atoms with Gasteiger partial charge in [0.05, 0.1) is 29.9 Å². The topological polar surface area (TPSA) is 133 Å². The number of unbranched alkanes of at least 4 members (excludes halogenated alkanes) is 3. The first kappa shape index (κ1) is 31.0. The van der Waals surface area contributed by atoms with Crippen molar-refractivity contribution in [1.82, 2.24) is 14.5 Å². The molecule has 0 radical (unpaired) electrons. The van der Waals surface area contributed by atoms with E-state index in [4.69, 9.17) is 4.74 Å². The highest BCUT2D eigenvalue weighted by atomic mass is 32.2. The fraction of sp³-hybridized carbons (Fsp3) is 0.633. The molecule has 2 aliphatic carbocycles. The molecule has 1 saturated heterocycles. The zero-order chi connectivity index (χ0) is 29.8. The van der Waals surface area contributed by atoms with Crippen LogP contribution in [0.2, 0.25) is 0 Å². The highest BCUT2D eigenvalue weighted by Gasteiger charge is 2.56. The lowest BCUT2D eigenvalue weighted by Gasteiger charge is -2.31. The normalized spacial score (nSPS) is 25.8. The molecule has 1 aromatic rings. The van der Waals surface area contributed by atoms with E-state index in [0.29, 0.717) is 32.4 Å². The van der Waals surface area contributed by atoms with Gasteiger partial charge in [0.2, 0.25) is 15.9 Å². The number of nitrogens with zero attached hydrogens (tertiary/aromatic N) is 2. The monoisotopic (exact) mass is 589 g/mol. The number of likely N-dealkylation sites (tertiary alicyclic amines) is 1. The number of ether oxygens (including phenoxy) is 1. The van der Waals surface area contributed by atoms with E-state index in [0.717, 1.165) is 37.0 Å². The lowest BCUT2D eigenvalue weighted by atomic mass is 10.1. The molecule has 3 aliphatic rings. The molecule has 10 nitrogen and oxygen atoms in total. The lowest BCUT2D eigenvalue weighted by molar-refractivity contribution is -0.124. The van der Waals surface area contributed by atoms with Gasteiger partial charge in [-0.15, -0.1) is 0 Å². The molecule has 4 atom stereocenters. The second kappa shape index (κ2) is 12.9. The third kappa shape index (κ3) is 7.88. The SMILES string of the molecule is COc1ccc(CN(CCCCC/C=C\[C@@H]2C[C@]2(C)C(=O)NS(=O)(=O)C2CC2)C(=O)N2C[C@H](O)C[C@H]2C(C)=O)cc1. The van der Waals surface area contributed by atoms with Crippen molar-refractivity contribution in [3.63, 3.8) is 0 Å². The maximum absolute atomic E-state index is 13.5. The van der Waals surface area contributed by atoms with Gasteiger partial charge in [-0.25, -0.2) is 13.2 Å². The average molecular weight is 590 g/mol. The molecule has 0 spiro atoms. The summed E-state index contributed by atoms with van der Waals surface area (Å²) < 4.78 is 31.7. The summed E-state index contributed by atoms with van der Waals surface area (Å²) in [7, 11) is -1.93. The quantitative estimate of drug-likeness (QED) is 0.251. The Labute approximate surface area is 243 Å². The van der Waals surface area contributed by atoms with Crippen molar-refractivity contribution in [3.05, 3.63) is 42.0 Å². The largest absolute Gasteiger partial charge is 0.497 e. The van der Waals surface area contributed by atoms with E-state index in [-0.39, 0.29) is 30.7 Å². The van der Waals surface area contributed by atoms with Crippen molar-refractivity contribution < 1.29 is 32.6 Å². The molecular weight excluding hydrogens is 546 g/mol. The van der Waals surface area contributed by atoms with E-state index in [1.165, 1.54) is 11.8 Å². The summed E-state index contributed by atoms with van der Waals surface area (Å²) >= 11 is 0. The maximum atomic E-state index is 13.5. The summed E-state index contributed by atoms with van der Waals surface area (Å²) in [5.41, 5.74) is 0.282. The third-order valence-electron chi connectivity index (χ3n) is 8.48. The number of aliphatic hydroxyl groups excluding tert-OH is 1. The first-order chi connectivity index (χ1) is 19.4. The zero-order valence-corrected chi connectivity index (χ0v) is 25.1. The first-order valence-electron chi connectivity index (χ1n) is 14.5. The maximum Gasteiger partial charge on any atom is 0.321 e. The number of Topliss-reactive ketones (excluding diaryl/α,β-unsaturated/α-hetero) is 1. The minimum atomic E-state index is -3.53. The minimum Gasteiger partial charge on any atom is -0.497 e. The molecule has 3 amide bonds. The number of rotatable bonds is 14. The van der Waals surface area contributed by atoms with Crippen LogP contribution in [-0.2, 0) is 26.2 Å². The number of aliphatic hydroxyl groups is 1. The van der Waals surface area contributed by atoms with Crippen LogP contribution in [0.5, 0.6) is 5.75 Å². The Balaban J connectivity index is 1.25. The summed E-state index contributed by atoms with van der Waals surface area (Å²) in [6, 6.07) is 6.68. The van der Waals surface area contributed by atoms with Gasteiger partial charge in [-0.2, -0.15) is 0 Å². The number of β-amino-alcohol motifs (C(OH)–C–C–N with tert-alkyl or cyclic N) is 1. The van der Waals surface area contributed by atoms with Crippen molar-refractivity contribution in [2.75, 3.05) is 20.2 Å². The zero-order valence-electron chi connectivity index (χ0n) is 24.3. The van der Waals surface area contributed by atoms with Crippen LogP contribution in [0.15, 0.2) is 36.4 Å². The molecule has 11 heteroatoms. The van der Waals surface area contributed by atoms with Crippen molar-refractivity contribution >= 4 is 27.7 Å². The van der Waals surface area contributed by atoms with Gasteiger partial charge >= 0.3 is 6.03 Å². The van der Waals surface area contributed by atoms with E-state index in [1.54, 1.807) is 12.0 Å². The molecule has 0 aromatic heterocycles. The van der Waals surface area contributed by atoms with Crippen LogP contribution in [0.25, 0.3) is 0 Å². The van der Waals surface area contributed by atoms with Crippen LogP contribution in [0.4, 0.5) is 4.79 Å². The van der Waals surface area contributed by atoms with Gasteiger partial charge in [-0.05, 0) is 69.1 Å². The molecule has 2 saturated carbocycles. The Kier molecular flexibility index (Phi) is 9.79. The molecule has 1 heterocycles. The molecule has 41 heavy (non-hydrogen) atoms. The van der Waals surface area contributed by atoms with Gasteiger partial charge in [0, 0.05) is 26.1 Å². The first-order valence-corrected chi connectivity index (χ1v) is 16.1. The molecule has 3 fully saturated rings. The van der Waals surface area contributed by atoms with Crippen LogP contribution >= 0.6 is 0 Å². The Bertz CT molecular complexity index is 1250. The summed E-state index contributed by atoms with van der Waals surface area (Å²) in [5, 5.41) is 9.73. The molecular formula is C30H43N3O7S. The van der Waals surface area contributed by atoms with Crippen molar-refractivity contribution in [2.24, 2.45) is 11.3 Å². The number of carbonyl (C=O) groups is 3. The third-order valence-corrected chi connectivity index (χ3v) is 10.3. The Morgan fingerprint density at radius 2 is 1.88 bits per heavy atom. The number of benzene rings is 1. The molecule has 226 valence electrons. The number of allylic oxidation sites excluding steroid dienone is 2. The van der Waals surface area contributed by atoms with Crippen LogP contribution in [-0.4, -0.2) is 78.6 Å². The van der Waals surface area contributed by atoms with Crippen LogP contribution in [0.1, 0.15) is 70.8 Å². The van der Waals surface area contributed by atoms with E-state index in [9.17, 15) is 27.9 Å². The van der Waals surface area contributed by atoms with E-state index in [2.05, 4.69) is 10.8 Å². The van der Waals surface area contributed by atoms with Gasteiger partial charge in [-0.3, -0.25) is 14.3 Å². The van der Waals surface area contributed by atoms with Gasteiger partial charge < -0.3 is 19.6 Å². The van der Waals surface area contributed by atoms with Crippen molar-refractivity contribution in [3.8, 4) is 5.75 Å². The van der Waals surface area contributed by atoms with E-state index >= 15 is 0 Å². The predicted molar refractivity (Wildman–Crippen MR) is 155 cm³/mol.